The Morgan fingerprint density at radius 1 is 1.29 bits per heavy atom. The fourth-order valence-electron chi connectivity index (χ4n) is 1.69. The molecule has 21 heavy (non-hydrogen) atoms. The fraction of sp³-hybridized carbons (Fsp3) is 0. The van der Waals surface area contributed by atoms with Crippen LogP contribution >= 0.6 is 34.2 Å². The van der Waals surface area contributed by atoms with E-state index in [0.717, 1.165) is 9.64 Å². The smallest absolute Gasteiger partial charge is 0.342 e. The molecular weight excluding hydrogens is 411 g/mol. The zero-order chi connectivity index (χ0) is 15.6. The van der Waals surface area contributed by atoms with Crippen LogP contribution in [0.2, 0.25) is 5.02 Å². The first-order valence-electron chi connectivity index (χ1n) is 5.62. The maximum absolute atomic E-state index is 10.9. The van der Waals surface area contributed by atoms with Crippen molar-refractivity contribution in [2.24, 2.45) is 0 Å². The molecule has 0 radical (unpaired) electrons. The molecule has 0 bridgehead atoms. The predicted molar refractivity (Wildman–Crippen MR) is 87.5 cm³/mol. The van der Waals surface area contributed by atoms with Crippen LogP contribution in [0.4, 0.5) is 17.1 Å². The van der Waals surface area contributed by atoms with Gasteiger partial charge in [0.15, 0.2) is 0 Å². The highest BCUT2D eigenvalue weighted by atomic mass is 127. The van der Waals surface area contributed by atoms with E-state index < -0.39 is 16.6 Å². The molecule has 0 aromatic heterocycles. The van der Waals surface area contributed by atoms with Crippen molar-refractivity contribution in [1.29, 1.82) is 0 Å². The predicted octanol–water partition coefficient (Wildman–Crippen LogP) is 4.29. The van der Waals surface area contributed by atoms with Crippen LogP contribution in [0.5, 0.6) is 0 Å². The minimum absolute atomic E-state index is 0.362. The van der Waals surface area contributed by atoms with Crippen LogP contribution in [-0.2, 0) is 0 Å². The van der Waals surface area contributed by atoms with E-state index in [1.165, 1.54) is 12.1 Å². The third-order valence-corrected chi connectivity index (χ3v) is 3.62. The molecule has 0 aliphatic rings. The molecule has 6 nitrogen and oxygen atoms in total. The number of nitrogens with one attached hydrogen (secondary N) is 1. The molecule has 0 heterocycles. The third kappa shape index (κ3) is 3.61. The summed E-state index contributed by atoms with van der Waals surface area (Å²) in [6, 6.07) is 9.10. The van der Waals surface area contributed by atoms with Gasteiger partial charge in [0.1, 0.15) is 5.56 Å². The van der Waals surface area contributed by atoms with Gasteiger partial charge in [-0.3, -0.25) is 10.1 Å². The van der Waals surface area contributed by atoms with Crippen LogP contribution in [0.3, 0.4) is 0 Å². The van der Waals surface area contributed by atoms with E-state index in [4.69, 9.17) is 16.7 Å². The summed E-state index contributed by atoms with van der Waals surface area (Å²) in [5.41, 5.74) is 0.123. The van der Waals surface area contributed by atoms with Crippen molar-refractivity contribution in [2.45, 2.75) is 0 Å². The Bertz CT molecular complexity index is 736. The number of hydrogen-bond donors (Lipinski definition) is 2. The van der Waals surface area contributed by atoms with Gasteiger partial charge in [-0.15, -0.1) is 0 Å². The summed E-state index contributed by atoms with van der Waals surface area (Å²) in [6.07, 6.45) is 0. The Morgan fingerprint density at radius 2 is 2.00 bits per heavy atom. The largest absolute Gasteiger partial charge is 0.477 e. The number of carbonyl (C=O) groups is 1. The minimum Gasteiger partial charge on any atom is -0.477 e. The molecular formula is C13H8ClIN2O4. The number of anilines is 2. The van der Waals surface area contributed by atoms with Crippen molar-refractivity contribution >= 4 is 57.2 Å². The second-order valence-electron chi connectivity index (χ2n) is 4.04. The summed E-state index contributed by atoms with van der Waals surface area (Å²) in [4.78, 5) is 21.1. The van der Waals surface area contributed by atoms with Gasteiger partial charge in [0.25, 0.3) is 5.69 Å². The molecule has 0 atom stereocenters. The number of rotatable bonds is 4. The number of nitro groups is 1. The standard InChI is InChI=1S/C13H8ClIN2O4/c14-10-5-7(15)1-4-11(10)16-8-2-3-9(13(18)19)12(6-8)17(20)21/h1-6,16H,(H,18,19). The second kappa shape index (κ2) is 6.27. The molecule has 0 spiro atoms. The summed E-state index contributed by atoms with van der Waals surface area (Å²) in [5, 5.41) is 23.2. The number of benzene rings is 2. The van der Waals surface area contributed by atoms with Crippen LogP contribution in [0.15, 0.2) is 36.4 Å². The summed E-state index contributed by atoms with van der Waals surface area (Å²) in [7, 11) is 0. The molecule has 2 rings (SSSR count). The highest BCUT2D eigenvalue weighted by Gasteiger charge is 2.20. The average molecular weight is 419 g/mol. The summed E-state index contributed by atoms with van der Waals surface area (Å²) in [6.45, 7) is 0. The van der Waals surface area contributed by atoms with Crippen molar-refractivity contribution in [2.75, 3.05) is 5.32 Å². The van der Waals surface area contributed by atoms with Crippen LogP contribution in [-0.4, -0.2) is 16.0 Å². The lowest BCUT2D eigenvalue weighted by Crippen LogP contribution is -2.03. The first kappa shape index (κ1) is 15.5. The lowest BCUT2D eigenvalue weighted by Gasteiger charge is -2.09. The van der Waals surface area contributed by atoms with Gasteiger partial charge in [-0.25, -0.2) is 4.79 Å². The molecule has 0 fully saturated rings. The molecule has 108 valence electrons. The number of carboxylic acids is 1. The molecule has 0 saturated carbocycles. The molecule has 2 aromatic rings. The third-order valence-electron chi connectivity index (χ3n) is 2.63. The van der Waals surface area contributed by atoms with E-state index in [1.807, 2.05) is 6.07 Å². The molecule has 8 heteroatoms. The molecule has 0 aliphatic carbocycles. The van der Waals surface area contributed by atoms with E-state index in [9.17, 15) is 14.9 Å². The first-order chi connectivity index (χ1) is 9.88. The Morgan fingerprint density at radius 3 is 2.57 bits per heavy atom. The Hall–Kier alpha value is -1.87. The highest BCUT2D eigenvalue weighted by Crippen LogP contribution is 2.30. The zero-order valence-corrected chi connectivity index (χ0v) is 13.3. The zero-order valence-electron chi connectivity index (χ0n) is 10.3. The van der Waals surface area contributed by atoms with Crippen molar-refractivity contribution in [3.8, 4) is 0 Å². The lowest BCUT2D eigenvalue weighted by molar-refractivity contribution is -0.385. The number of aromatic carboxylic acids is 1. The van der Waals surface area contributed by atoms with Crippen LogP contribution < -0.4 is 5.32 Å². The Balaban J connectivity index is 2.39. The molecule has 0 unspecified atom stereocenters. The second-order valence-corrected chi connectivity index (χ2v) is 5.70. The fourth-order valence-corrected chi connectivity index (χ4v) is 2.59. The van der Waals surface area contributed by atoms with Gasteiger partial charge in [0.2, 0.25) is 0 Å². The minimum atomic E-state index is -1.35. The van der Waals surface area contributed by atoms with Crippen LogP contribution in [0, 0.1) is 13.7 Å². The molecule has 0 saturated heterocycles. The Labute approximate surface area is 138 Å². The van der Waals surface area contributed by atoms with E-state index in [0.29, 0.717) is 16.4 Å². The van der Waals surface area contributed by atoms with Gasteiger partial charge >= 0.3 is 5.97 Å². The van der Waals surface area contributed by atoms with Gasteiger partial charge in [-0.2, -0.15) is 0 Å². The summed E-state index contributed by atoms with van der Waals surface area (Å²) in [5.74, 6) is -1.35. The van der Waals surface area contributed by atoms with Crippen molar-refractivity contribution in [3.05, 3.63) is 60.7 Å². The topological polar surface area (TPSA) is 92.5 Å². The van der Waals surface area contributed by atoms with Gasteiger partial charge < -0.3 is 10.4 Å². The molecule has 0 aliphatic heterocycles. The quantitative estimate of drug-likeness (QED) is 0.439. The van der Waals surface area contributed by atoms with Gasteiger partial charge in [-0.1, -0.05) is 11.6 Å². The average Bonchev–Trinajstić information content (AvgIpc) is 2.41. The van der Waals surface area contributed by atoms with E-state index in [2.05, 4.69) is 27.9 Å². The van der Waals surface area contributed by atoms with Crippen molar-refractivity contribution < 1.29 is 14.8 Å². The van der Waals surface area contributed by atoms with E-state index in [-0.39, 0.29) is 5.56 Å². The molecule has 2 N–H and O–H groups in total. The van der Waals surface area contributed by atoms with E-state index >= 15 is 0 Å². The van der Waals surface area contributed by atoms with Crippen LogP contribution in [0.25, 0.3) is 0 Å². The maximum atomic E-state index is 10.9. The maximum Gasteiger partial charge on any atom is 0.342 e. The molecule has 0 amide bonds. The number of carboxylic acid groups (broad SMARTS) is 1. The SMILES string of the molecule is O=C(O)c1ccc(Nc2ccc(I)cc2Cl)cc1[N+](=O)[O-]. The van der Waals surface area contributed by atoms with E-state index in [1.54, 1.807) is 12.1 Å². The number of hydrogen-bond acceptors (Lipinski definition) is 4. The van der Waals surface area contributed by atoms with Crippen LogP contribution in [0.1, 0.15) is 10.4 Å². The number of nitrogens with zero attached hydrogens (tertiary/aromatic N) is 1. The normalized spacial score (nSPS) is 10.2. The lowest BCUT2D eigenvalue weighted by atomic mass is 10.1. The molecule has 2 aromatic carbocycles. The van der Waals surface area contributed by atoms with Crippen molar-refractivity contribution in [1.82, 2.24) is 0 Å². The Kier molecular flexibility index (Phi) is 4.63. The first-order valence-corrected chi connectivity index (χ1v) is 7.08. The van der Waals surface area contributed by atoms with Gasteiger partial charge in [-0.05, 0) is 52.9 Å². The van der Waals surface area contributed by atoms with Gasteiger partial charge in [0, 0.05) is 15.3 Å². The van der Waals surface area contributed by atoms with Crippen molar-refractivity contribution in [3.63, 3.8) is 0 Å². The number of halogens is 2. The van der Waals surface area contributed by atoms with Gasteiger partial charge in [0.05, 0.1) is 15.6 Å². The summed E-state index contributed by atoms with van der Waals surface area (Å²) >= 11 is 8.18. The number of nitro benzene ring substituents is 1. The highest BCUT2D eigenvalue weighted by molar-refractivity contribution is 14.1. The summed E-state index contributed by atoms with van der Waals surface area (Å²) < 4.78 is 0.954. The monoisotopic (exact) mass is 418 g/mol.